The molecule has 1 aliphatic heterocycles. The number of hydrogen-bond donors (Lipinski definition) is 1. The maximum atomic E-state index is 12.6. The Balaban J connectivity index is 1.63. The fourth-order valence-corrected chi connectivity index (χ4v) is 4.01. The van der Waals surface area contributed by atoms with Gasteiger partial charge in [-0.25, -0.2) is 4.79 Å². The van der Waals surface area contributed by atoms with Crippen molar-refractivity contribution in [1.29, 1.82) is 0 Å². The van der Waals surface area contributed by atoms with Gasteiger partial charge >= 0.3 is 11.9 Å². The summed E-state index contributed by atoms with van der Waals surface area (Å²) in [6.45, 7) is 3.93. The number of fused-ring (bicyclic) bond motifs is 1. The molecular weight excluding hydrogens is 392 g/mol. The predicted molar refractivity (Wildman–Crippen MR) is 104 cm³/mol. The first kappa shape index (κ1) is 21.5. The Morgan fingerprint density at radius 1 is 1.00 bits per heavy atom. The molecule has 0 radical (unpaired) electrons. The maximum absolute atomic E-state index is 12.6. The number of Topliss-reactive ketones (excluding diaryl/α,β-unsaturated/α-hetero) is 1. The lowest BCUT2D eigenvalue weighted by Crippen LogP contribution is -2.37. The van der Waals surface area contributed by atoms with Crippen LogP contribution < -0.4 is 0 Å². The zero-order chi connectivity index (χ0) is 22.0. The topological polar surface area (TPSA) is 123 Å². The molecule has 9 nitrogen and oxygen atoms in total. The van der Waals surface area contributed by atoms with Crippen LogP contribution in [0.3, 0.4) is 0 Å². The van der Waals surface area contributed by atoms with E-state index in [1.54, 1.807) is 20.8 Å². The number of likely N-dealkylation sites (tertiary alicyclic amines) is 1. The van der Waals surface area contributed by atoms with Gasteiger partial charge in [0.05, 0.1) is 29.6 Å². The first-order valence-corrected chi connectivity index (χ1v) is 9.81. The molecule has 1 aliphatic carbocycles. The predicted octanol–water partition coefficient (Wildman–Crippen LogP) is 1.49. The molecule has 9 heteroatoms. The van der Waals surface area contributed by atoms with Crippen LogP contribution in [-0.4, -0.2) is 59.2 Å². The molecule has 0 aromatic carbocycles. The Hall–Kier alpha value is -3.23. The van der Waals surface area contributed by atoms with Crippen LogP contribution in [0.15, 0.2) is 12.2 Å². The Morgan fingerprint density at radius 3 is 2.13 bits per heavy atom. The van der Waals surface area contributed by atoms with Gasteiger partial charge in [0, 0.05) is 11.4 Å². The molecular formula is C21H24N2O7. The van der Waals surface area contributed by atoms with Crippen LogP contribution >= 0.6 is 0 Å². The van der Waals surface area contributed by atoms with Gasteiger partial charge in [0.25, 0.3) is 0 Å². The SMILES string of the molecule is CCOC(=O)c1c(C)[nH]c(C)c1C(=O)COC(=O)CN1C(=O)[C@H]2CC=CC[C@@H]2C1=O. The van der Waals surface area contributed by atoms with Gasteiger partial charge in [-0.2, -0.15) is 0 Å². The van der Waals surface area contributed by atoms with Crippen LogP contribution in [0.4, 0.5) is 0 Å². The van der Waals surface area contributed by atoms with Gasteiger partial charge in [-0.1, -0.05) is 12.2 Å². The second-order valence-electron chi connectivity index (χ2n) is 7.35. The van der Waals surface area contributed by atoms with E-state index in [9.17, 15) is 24.0 Å². The summed E-state index contributed by atoms with van der Waals surface area (Å²) in [6.07, 6.45) is 4.66. The number of H-pyrrole nitrogens is 1. The Morgan fingerprint density at radius 2 is 1.57 bits per heavy atom. The summed E-state index contributed by atoms with van der Waals surface area (Å²) in [6, 6.07) is 0. The number of nitrogens with zero attached hydrogens (tertiary/aromatic N) is 1. The number of amides is 2. The number of hydrogen-bond acceptors (Lipinski definition) is 7. The normalized spacial score (nSPS) is 20.3. The van der Waals surface area contributed by atoms with Gasteiger partial charge in [0.15, 0.2) is 6.61 Å². The van der Waals surface area contributed by atoms with Crippen LogP contribution in [0.1, 0.15) is 51.9 Å². The number of aromatic amines is 1. The second-order valence-corrected chi connectivity index (χ2v) is 7.35. The molecule has 1 aromatic rings. The third kappa shape index (κ3) is 3.92. The lowest BCUT2D eigenvalue weighted by atomic mass is 9.85. The summed E-state index contributed by atoms with van der Waals surface area (Å²) >= 11 is 0. The number of esters is 2. The van der Waals surface area contributed by atoms with E-state index in [-0.39, 0.29) is 29.5 Å². The Bertz CT molecular complexity index is 917. The third-order valence-corrected chi connectivity index (χ3v) is 5.38. The van der Waals surface area contributed by atoms with Crippen molar-refractivity contribution in [3.63, 3.8) is 0 Å². The molecule has 1 aromatic heterocycles. The molecule has 3 rings (SSSR count). The zero-order valence-electron chi connectivity index (χ0n) is 17.1. The van der Waals surface area contributed by atoms with Crippen molar-refractivity contribution < 1.29 is 33.4 Å². The number of allylic oxidation sites excluding steroid dienone is 2. The third-order valence-electron chi connectivity index (χ3n) is 5.38. The van der Waals surface area contributed by atoms with Crippen molar-refractivity contribution in [2.24, 2.45) is 11.8 Å². The molecule has 2 aliphatic rings. The van der Waals surface area contributed by atoms with Gasteiger partial charge in [0.2, 0.25) is 17.6 Å². The number of aryl methyl sites for hydroxylation is 2. The molecule has 0 saturated carbocycles. The minimum atomic E-state index is -0.862. The molecule has 2 amide bonds. The van der Waals surface area contributed by atoms with E-state index >= 15 is 0 Å². The van der Waals surface area contributed by atoms with E-state index in [4.69, 9.17) is 9.47 Å². The fourth-order valence-electron chi connectivity index (χ4n) is 4.01. The number of ether oxygens (including phenoxy) is 2. The summed E-state index contributed by atoms with van der Waals surface area (Å²) in [7, 11) is 0. The average molecular weight is 416 g/mol. The van der Waals surface area contributed by atoms with Crippen molar-refractivity contribution in [3.05, 3.63) is 34.7 Å². The minimum absolute atomic E-state index is 0.101. The first-order chi connectivity index (χ1) is 14.3. The van der Waals surface area contributed by atoms with E-state index in [1.165, 1.54) is 0 Å². The Kier molecular flexibility index (Phi) is 6.19. The number of carbonyl (C=O) groups excluding carboxylic acids is 5. The summed E-state index contributed by atoms with van der Waals surface area (Å²) in [5.41, 5.74) is 1.14. The molecule has 2 atom stereocenters. The average Bonchev–Trinajstić information content (AvgIpc) is 3.14. The van der Waals surface area contributed by atoms with Crippen molar-refractivity contribution in [1.82, 2.24) is 9.88 Å². The van der Waals surface area contributed by atoms with Gasteiger partial charge in [0.1, 0.15) is 6.54 Å². The zero-order valence-corrected chi connectivity index (χ0v) is 17.1. The van der Waals surface area contributed by atoms with Crippen LogP contribution in [0, 0.1) is 25.7 Å². The highest BCUT2D eigenvalue weighted by Crippen LogP contribution is 2.34. The van der Waals surface area contributed by atoms with Crippen molar-refractivity contribution in [2.75, 3.05) is 19.8 Å². The molecule has 1 N–H and O–H groups in total. The number of nitrogens with one attached hydrogen (secondary N) is 1. The number of ketones is 1. The molecule has 160 valence electrons. The van der Waals surface area contributed by atoms with Gasteiger partial charge in [-0.3, -0.25) is 24.1 Å². The van der Waals surface area contributed by atoms with E-state index in [0.717, 1.165) is 4.90 Å². The summed E-state index contributed by atoms with van der Waals surface area (Å²) in [4.78, 5) is 65.7. The highest BCUT2D eigenvalue weighted by atomic mass is 16.5. The maximum Gasteiger partial charge on any atom is 0.340 e. The Labute approximate surface area is 173 Å². The molecule has 2 heterocycles. The highest BCUT2D eigenvalue weighted by molar-refractivity contribution is 6.09. The van der Waals surface area contributed by atoms with Crippen LogP contribution in [0.25, 0.3) is 0 Å². The van der Waals surface area contributed by atoms with E-state index in [1.807, 2.05) is 12.2 Å². The van der Waals surface area contributed by atoms with E-state index in [0.29, 0.717) is 24.2 Å². The van der Waals surface area contributed by atoms with Crippen LogP contribution in [-0.2, 0) is 23.9 Å². The molecule has 30 heavy (non-hydrogen) atoms. The number of imide groups is 1. The smallest absolute Gasteiger partial charge is 0.340 e. The quantitative estimate of drug-likeness (QED) is 0.309. The summed E-state index contributed by atoms with van der Waals surface area (Å²) < 4.78 is 10.0. The van der Waals surface area contributed by atoms with Gasteiger partial charge < -0.3 is 14.5 Å². The lowest BCUT2D eigenvalue weighted by molar-refractivity contribution is -0.152. The molecule has 0 bridgehead atoms. The van der Waals surface area contributed by atoms with E-state index in [2.05, 4.69) is 4.98 Å². The summed E-state index contributed by atoms with van der Waals surface area (Å²) in [5, 5.41) is 0. The number of aromatic nitrogens is 1. The molecule has 0 spiro atoms. The first-order valence-electron chi connectivity index (χ1n) is 9.81. The van der Waals surface area contributed by atoms with Crippen LogP contribution in [0.2, 0.25) is 0 Å². The largest absolute Gasteiger partial charge is 0.462 e. The second kappa shape index (κ2) is 8.64. The van der Waals surface area contributed by atoms with Crippen molar-refractivity contribution in [2.45, 2.75) is 33.6 Å². The summed E-state index contributed by atoms with van der Waals surface area (Å²) in [5.74, 6) is -3.73. The van der Waals surface area contributed by atoms with Crippen molar-refractivity contribution in [3.8, 4) is 0 Å². The highest BCUT2D eigenvalue weighted by Gasteiger charge is 2.47. The van der Waals surface area contributed by atoms with Crippen molar-refractivity contribution >= 4 is 29.5 Å². The standard InChI is InChI=1S/C21H24N2O7/c1-4-29-21(28)18-12(3)22-11(2)17(18)15(24)10-30-16(25)9-23-19(26)13-7-5-6-8-14(13)20(23)27/h5-6,13-14,22H,4,7-10H2,1-3H3/t13-,14-/m0/s1. The lowest BCUT2D eigenvalue weighted by Gasteiger charge is -2.14. The van der Waals surface area contributed by atoms with Gasteiger partial charge in [-0.05, 0) is 33.6 Å². The van der Waals surface area contributed by atoms with Crippen LogP contribution in [0.5, 0.6) is 0 Å². The number of carbonyl (C=O) groups is 5. The minimum Gasteiger partial charge on any atom is -0.462 e. The fraction of sp³-hybridized carbons (Fsp3) is 0.476. The van der Waals surface area contributed by atoms with Gasteiger partial charge in [-0.15, -0.1) is 0 Å². The molecule has 0 unspecified atom stereocenters. The monoisotopic (exact) mass is 416 g/mol. The molecule has 1 saturated heterocycles. The van der Waals surface area contributed by atoms with E-state index < -0.39 is 42.7 Å². The molecule has 1 fully saturated rings. The number of rotatable bonds is 7.